The highest BCUT2D eigenvalue weighted by molar-refractivity contribution is 7.21. The second kappa shape index (κ2) is 7.64. The molecule has 0 saturated carbocycles. The number of benzene rings is 1. The molecule has 0 unspecified atom stereocenters. The van der Waals surface area contributed by atoms with E-state index in [2.05, 4.69) is 12.2 Å². The van der Waals surface area contributed by atoms with Crippen molar-refractivity contribution in [1.29, 1.82) is 0 Å². The molecule has 0 atom stereocenters. The Balaban J connectivity index is 1.97. The number of nitrogens with one attached hydrogen (secondary N) is 1. The van der Waals surface area contributed by atoms with Gasteiger partial charge < -0.3 is 15.8 Å². The highest BCUT2D eigenvalue weighted by Gasteiger charge is 2.17. The van der Waals surface area contributed by atoms with Crippen molar-refractivity contribution in [1.82, 2.24) is 5.32 Å². The monoisotopic (exact) mass is 326 g/mol. The Morgan fingerprint density at radius 2 is 2.24 bits per heavy atom. The highest BCUT2D eigenvalue weighted by Crippen LogP contribution is 2.37. The van der Waals surface area contributed by atoms with Gasteiger partial charge in [-0.25, -0.2) is 0 Å². The Bertz CT molecular complexity index is 627. The summed E-state index contributed by atoms with van der Waals surface area (Å²) in [5.41, 5.74) is 6.49. The maximum absolute atomic E-state index is 12.2. The molecule has 4 nitrogen and oxygen atoms in total. The predicted molar refractivity (Wildman–Crippen MR) is 89.3 cm³/mol. The average Bonchev–Trinajstić information content (AvgIpc) is 2.81. The lowest BCUT2D eigenvalue weighted by atomic mass is 10.2. The number of fused-ring (bicyclic) bond motifs is 1. The number of amides is 1. The van der Waals surface area contributed by atoms with Gasteiger partial charge in [0.05, 0.1) is 17.3 Å². The van der Waals surface area contributed by atoms with Crippen molar-refractivity contribution in [3.63, 3.8) is 0 Å². The minimum absolute atomic E-state index is 0.177. The summed E-state index contributed by atoms with van der Waals surface area (Å²) in [5.74, 6) is -0.177. The highest BCUT2D eigenvalue weighted by atomic mass is 35.5. The maximum Gasteiger partial charge on any atom is 0.263 e. The van der Waals surface area contributed by atoms with E-state index in [4.69, 9.17) is 22.1 Å². The van der Waals surface area contributed by atoms with E-state index < -0.39 is 0 Å². The van der Waals surface area contributed by atoms with Crippen LogP contribution in [0, 0.1) is 0 Å². The molecule has 0 aliphatic rings. The van der Waals surface area contributed by atoms with Gasteiger partial charge in [0.1, 0.15) is 4.88 Å². The second-order valence-electron chi connectivity index (χ2n) is 4.68. The molecule has 1 heterocycles. The van der Waals surface area contributed by atoms with E-state index >= 15 is 0 Å². The van der Waals surface area contributed by atoms with Crippen LogP contribution in [0.1, 0.15) is 29.4 Å². The largest absolute Gasteiger partial charge is 0.397 e. The average molecular weight is 327 g/mol. The van der Waals surface area contributed by atoms with Crippen molar-refractivity contribution >= 4 is 44.6 Å². The summed E-state index contributed by atoms with van der Waals surface area (Å²) in [4.78, 5) is 12.7. The van der Waals surface area contributed by atoms with Gasteiger partial charge in [-0.15, -0.1) is 11.3 Å². The van der Waals surface area contributed by atoms with Crippen LogP contribution >= 0.6 is 22.9 Å². The van der Waals surface area contributed by atoms with Crippen molar-refractivity contribution in [3.8, 4) is 0 Å². The third-order valence-electron chi connectivity index (χ3n) is 3.08. The fourth-order valence-corrected chi connectivity index (χ4v) is 3.36. The van der Waals surface area contributed by atoms with Crippen LogP contribution in [0.4, 0.5) is 5.69 Å². The molecule has 0 radical (unpaired) electrons. The summed E-state index contributed by atoms with van der Waals surface area (Å²) >= 11 is 7.49. The van der Waals surface area contributed by atoms with Crippen molar-refractivity contribution in [2.75, 3.05) is 25.5 Å². The van der Waals surface area contributed by atoms with Crippen molar-refractivity contribution in [3.05, 3.63) is 28.1 Å². The molecule has 1 amide bonds. The molecule has 6 heteroatoms. The number of thiophene rings is 1. The first kappa shape index (κ1) is 16.1. The number of hydrogen-bond acceptors (Lipinski definition) is 4. The number of hydrogen-bond donors (Lipinski definition) is 2. The molecule has 0 saturated heterocycles. The quantitative estimate of drug-likeness (QED) is 0.763. The SMILES string of the molecule is CCCCOCCNC(=O)c1sc2cccc(Cl)c2c1N. The molecule has 114 valence electrons. The first-order valence-electron chi connectivity index (χ1n) is 6.97. The van der Waals surface area contributed by atoms with Gasteiger partial charge >= 0.3 is 0 Å². The van der Waals surface area contributed by atoms with Crippen molar-refractivity contribution in [2.45, 2.75) is 19.8 Å². The fraction of sp³-hybridized carbons (Fsp3) is 0.400. The molecule has 1 aromatic carbocycles. The van der Waals surface area contributed by atoms with Crippen LogP contribution in [-0.4, -0.2) is 25.7 Å². The zero-order valence-electron chi connectivity index (χ0n) is 11.9. The van der Waals surface area contributed by atoms with Gasteiger partial charge in [-0.1, -0.05) is 31.0 Å². The van der Waals surface area contributed by atoms with Crippen LogP contribution in [0.5, 0.6) is 0 Å². The maximum atomic E-state index is 12.2. The van der Waals surface area contributed by atoms with Gasteiger partial charge in [-0.05, 0) is 18.6 Å². The lowest BCUT2D eigenvalue weighted by Crippen LogP contribution is -2.27. The second-order valence-corrected chi connectivity index (χ2v) is 6.14. The molecule has 0 fully saturated rings. The summed E-state index contributed by atoms with van der Waals surface area (Å²) in [7, 11) is 0. The number of carbonyl (C=O) groups excluding carboxylic acids is 1. The van der Waals surface area contributed by atoms with Crippen LogP contribution in [0.3, 0.4) is 0 Å². The molecule has 2 aromatic rings. The van der Waals surface area contributed by atoms with E-state index in [9.17, 15) is 4.79 Å². The van der Waals surface area contributed by atoms with Crippen LogP contribution in [-0.2, 0) is 4.74 Å². The molecule has 0 bridgehead atoms. The van der Waals surface area contributed by atoms with Gasteiger partial charge in [0.25, 0.3) is 5.91 Å². The fourth-order valence-electron chi connectivity index (χ4n) is 1.96. The molecule has 0 aliphatic carbocycles. The summed E-state index contributed by atoms with van der Waals surface area (Å²) in [6, 6.07) is 5.53. The standard InChI is InChI=1S/C15H19ClN2O2S/c1-2-3-8-20-9-7-18-15(19)14-13(17)12-10(16)5-4-6-11(12)21-14/h4-6H,2-3,7-9,17H2,1H3,(H,18,19). The predicted octanol–water partition coefficient (Wildman–Crippen LogP) is 3.68. The zero-order chi connectivity index (χ0) is 15.2. The molecule has 0 spiro atoms. The smallest absolute Gasteiger partial charge is 0.263 e. The Morgan fingerprint density at radius 3 is 2.95 bits per heavy atom. The van der Waals surface area contributed by atoms with E-state index in [1.807, 2.05) is 12.1 Å². The molecule has 0 aliphatic heterocycles. The number of rotatable bonds is 7. The number of carbonyl (C=O) groups is 1. The number of halogens is 1. The normalized spacial score (nSPS) is 11.0. The number of anilines is 1. The third kappa shape index (κ3) is 3.87. The number of nitrogens with two attached hydrogens (primary N) is 1. The lowest BCUT2D eigenvalue weighted by Gasteiger charge is -2.05. The van der Waals surface area contributed by atoms with Crippen molar-refractivity contribution in [2.24, 2.45) is 0 Å². The Labute approximate surface area is 133 Å². The van der Waals surface area contributed by atoms with Gasteiger partial charge in [-0.2, -0.15) is 0 Å². The summed E-state index contributed by atoms with van der Waals surface area (Å²) < 4.78 is 6.33. The van der Waals surface area contributed by atoms with E-state index in [0.717, 1.165) is 29.5 Å². The topological polar surface area (TPSA) is 64.3 Å². The molecule has 21 heavy (non-hydrogen) atoms. The van der Waals surface area contributed by atoms with Crippen LogP contribution in [0.15, 0.2) is 18.2 Å². The van der Waals surface area contributed by atoms with Crippen LogP contribution in [0.2, 0.25) is 5.02 Å². The van der Waals surface area contributed by atoms with Gasteiger partial charge in [-0.3, -0.25) is 4.79 Å². The molecule has 1 aromatic heterocycles. The minimum Gasteiger partial charge on any atom is -0.397 e. The van der Waals surface area contributed by atoms with Gasteiger partial charge in [0.2, 0.25) is 0 Å². The molecular weight excluding hydrogens is 308 g/mol. The summed E-state index contributed by atoms with van der Waals surface area (Å²) in [5, 5.41) is 4.15. The van der Waals surface area contributed by atoms with Crippen LogP contribution < -0.4 is 11.1 Å². The van der Waals surface area contributed by atoms with Crippen LogP contribution in [0.25, 0.3) is 10.1 Å². The van der Waals surface area contributed by atoms with E-state index in [0.29, 0.717) is 28.7 Å². The number of nitrogen functional groups attached to an aromatic ring is 1. The van der Waals surface area contributed by atoms with E-state index in [1.165, 1.54) is 11.3 Å². The number of unbranched alkanes of at least 4 members (excludes halogenated alkanes) is 1. The van der Waals surface area contributed by atoms with Gasteiger partial charge in [0, 0.05) is 23.2 Å². The van der Waals surface area contributed by atoms with E-state index in [1.54, 1.807) is 6.07 Å². The van der Waals surface area contributed by atoms with Gasteiger partial charge in [0.15, 0.2) is 0 Å². The molecular formula is C15H19ClN2O2S. The minimum atomic E-state index is -0.177. The lowest BCUT2D eigenvalue weighted by molar-refractivity contribution is 0.0917. The van der Waals surface area contributed by atoms with E-state index in [-0.39, 0.29) is 5.91 Å². The first-order valence-corrected chi connectivity index (χ1v) is 8.17. The van der Waals surface area contributed by atoms with Crippen molar-refractivity contribution < 1.29 is 9.53 Å². The Morgan fingerprint density at radius 1 is 1.43 bits per heavy atom. The number of ether oxygens (including phenoxy) is 1. The third-order valence-corrected chi connectivity index (χ3v) is 4.57. The summed E-state index contributed by atoms with van der Waals surface area (Å²) in [6.45, 7) is 3.83. The molecule has 2 rings (SSSR count). The molecule has 3 N–H and O–H groups in total. The summed E-state index contributed by atoms with van der Waals surface area (Å²) in [6.07, 6.45) is 2.14. The Hall–Kier alpha value is -1.30. The zero-order valence-corrected chi connectivity index (χ0v) is 13.5. The first-order chi connectivity index (χ1) is 10.1. The Kier molecular flexibility index (Phi) is 5.85.